The number of nitrogens with one attached hydrogen (secondary N) is 1. The Labute approximate surface area is 188 Å². The number of nitrogens with zero attached hydrogens (tertiary/aromatic N) is 1. The third kappa shape index (κ3) is 3.98. The van der Waals surface area contributed by atoms with E-state index in [0.717, 1.165) is 25.1 Å². The minimum atomic E-state index is -0.225. The van der Waals surface area contributed by atoms with Gasteiger partial charge in [0.05, 0.1) is 11.1 Å². The van der Waals surface area contributed by atoms with Crippen LogP contribution in [0.3, 0.4) is 0 Å². The molecular weight excluding hydrogens is 404 g/mol. The van der Waals surface area contributed by atoms with Crippen molar-refractivity contribution < 1.29 is 19.4 Å². The van der Waals surface area contributed by atoms with Gasteiger partial charge in [-0.1, -0.05) is 32.0 Å². The number of fused-ring (bicyclic) bond motifs is 1. The van der Waals surface area contributed by atoms with E-state index in [2.05, 4.69) is 29.4 Å². The summed E-state index contributed by atoms with van der Waals surface area (Å²) in [4.78, 5) is 15.1. The monoisotopic (exact) mass is 434 g/mol. The second-order valence-electron chi connectivity index (χ2n) is 8.77. The van der Waals surface area contributed by atoms with Crippen LogP contribution in [0.5, 0.6) is 11.5 Å². The Morgan fingerprint density at radius 3 is 2.66 bits per heavy atom. The van der Waals surface area contributed by atoms with Gasteiger partial charge in [-0.25, -0.2) is 0 Å². The van der Waals surface area contributed by atoms with E-state index in [0.29, 0.717) is 34.6 Å². The van der Waals surface area contributed by atoms with Gasteiger partial charge in [0.2, 0.25) is 0 Å². The van der Waals surface area contributed by atoms with Crippen LogP contribution in [-0.2, 0) is 13.0 Å². The summed E-state index contributed by atoms with van der Waals surface area (Å²) < 4.78 is 5.91. The number of benzene rings is 2. The molecule has 0 atom stereocenters. The van der Waals surface area contributed by atoms with Gasteiger partial charge in [0.1, 0.15) is 23.5 Å². The molecule has 0 saturated heterocycles. The van der Waals surface area contributed by atoms with Crippen molar-refractivity contribution in [3.8, 4) is 33.9 Å². The maximum atomic E-state index is 12.8. The fourth-order valence-corrected chi connectivity index (χ4v) is 4.35. The summed E-state index contributed by atoms with van der Waals surface area (Å²) in [7, 11) is 2.11. The average molecular weight is 435 g/mol. The molecule has 1 amide bonds. The summed E-state index contributed by atoms with van der Waals surface area (Å²) >= 11 is 0. The number of amides is 1. The molecule has 1 aromatic heterocycles. The van der Waals surface area contributed by atoms with Crippen LogP contribution in [0, 0.1) is 0 Å². The summed E-state index contributed by atoms with van der Waals surface area (Å²) in [6, 6.07) is 9.32. The zero-order chi connectivity index (χ0) is 23.0. The summed E-state index contributed by atoms with van der Waals surface area (Å²) in [5.74, 6) is 0.188. The summed E-state index contributed by atoms with van der Waals surface area (Å²) in [5, 5.41) is 23.8. The smallest absolute Gasteiger partial charge is 0.255 e. The van der Waals surface area contributed by atoms with E-state index in [1.54, 1.807) is 6.07 Å². The van der Waals surface area contributed by atoms with E-state index in [4.69, 9.17) is 4.42 Å². The minimum absolute atomic E-state index is 0.0382. The van der Waals surface area contributed by atoms with Crippen molar-refractivity contribution in [2.75, 3.05) is 20.1 Å². The lowest BCUT2D eigenvalue weighted by molar-refractivity contribution is 0.0955. The van der Waals surface area contributed by atoms with Gasteiger partial charge < -0.3 is 24.8 Å². The lowest BCUT2D eigenvalue weighted by Gasteiger charge is -2.25. The molecule has 6 nitrogen and oxygen atoms in total. The van der Waals surface area contributed by atoms with Crippen molar-refractivity contribution in [2.24, 2.45) is 0 Å². The van der Waals surface area contributed by atoms with Crippen molar-refractivity contribution in [3.63, 3.8) is 0 Å². The average Bonchev–Trinajstić information content (AvgIpc) is 3.18. The molecule has 0 radical (unpaired) electrons. The maximum absolute atomic E-state index is 12.8. The Morgan fingerprint density at radius 2 is 1.94 bits per heavy atom. The van der Waals surface area contributed by atoms with Crippen LogP contribution in [0.25, 0.3) is 22.5 Å². The van der Waals surface area contributed by atoms with Gasteiger partial charge in [0, 0.05) is 31.3 Å². The van der Waals surface area contributed by atoms with Crippen molar-refractivity contribution in [2.45, 2.75) is 39.7 Å². The van der Waals surface area contributed by atoms with Gasteiger partial charge in [-0.3, -0.25) is 4.79 Å². The molecular formula is C26H30N2O4. The van der Waals surface area contributed by atoms with Gasteiger partial charge in [0.15, 0.2) is 0 Å². The van der Waals surface area contributed by atoms with E-state index >= 15 is 0 Å². The molecule has 0 saturated carbocycles. The van der Waals surface area contributed by atoms with Crippen LogP contribution in [0.4, 0.5) is 0 Å². The number of hydrogen-bond donors (Lipinski definition) is 3. The highest BCUT2D eigenvalue weighted by Crippen LogP contribution is 2.44. The molecule has 3 aromatic rings. The molecule has 1 aliphatic rings. The zero-order valence-corrected chi connectivity index (χ0v) is 19.0. The molecule has 1 aliphatic heterocycles. The maximum Gasteiger partial charge on any atom is 0.255 e. The highest BCUT2D eigenvalue weighted by molar-refractivity contribution is 6.04. The molecule has 32 heavy (non-hydrogen) atoms. The predicted octanol–water partition coefficient (Wildman–Crippen LogP) is 4.89. The number of hydrogen-bond acceptors (Lipinski definition) is 5. The van der Waals surface area contributed by atoms with Crippen LogP contribution >= 0.6 is 0 Å². The first-order valence-electron chi connectivity index (χ1n) is 11.1. The third-order valence-electron chi connectivity index (χ3n) is 6.08. The van der Waals surface area contributed by atoms with Crippen LogP contribution in [0.1, 0.15) is 53.7 Å². The molecule has 0 aliphatic carbocycles. The topological polar surface area (TPSA) is 85.9 Å². The SMILES string of the molecule is CCNC(=O)c1coc(-c2cc(C(C)C)c(O)cc2O)c1-c1ccc2c(c1)CCN(C)C2. The standard InChI is InChI=1S/C26H30N2O4/c1-5-27-26(31)21-14-32-25(20-11-19(15(2)3)22(29)12-23(20)30)24(21)17-6-7-18-13-28(4)9-8-16(18)10-17/h6-7,10-12,14-15,29-30H,5,8-9,13H2,1-4H3,(H,27,31). The minimum Gasteiger partial charge on any atom is -0.508 e. The van der Waals surface area contributed by atoms with E-state index in [1.807, 2.05) is 26.8 Å². The Hall–Kier alpha value is -3.25. The zero-order valence-electron chi connectivity index (χ0n) is 19.0. The van der Waals surface area contributed by atoms with E-state index in [1.165, 1.54) is 23.5 Å². The predicted molar refractivity (Wildman–Crippen MR) is 125 cm³/mol. The molecule has 168 valence electrons. The lowest BCUT2D eigenvalue weighted by atomic mass is 9.90. The Morgan fingerprint density at radius 1 is 1.16 bits per heavy atom. The fraction of sp³-hybridized carbons (Fsp3) is 0.346. The van der Waals surface area contributed by atoms with Gasteiger partial charge in [-0.05, 0) is 54.6 Å². The molecule has 2 aromatic carbocycles. The second-order valence-corrected chi connectivity index (χ2v) is 8.77. The summed E-state index contributed by atoms with van der Waals surface area (Å²) in [6.07, 6.45) is 2.38. The van der Waals surface area contributed by atoms with Crippen molar-refractivity contribution in [3.05, 3.63) is 58.8 Å². The van der Waals surface area contributed by atoms with Crippen LogP contribution in [0.15, 0.2) is 41.0 Å². The van der Waals surface area contributed by atoms with E-state index in [9.17, 15) is 15.0 Å². The molecule has 0 spiro atoms. The highest BCUT2D eigenvalue weighted by Gasteiger charge is 2.26. The third-order valence-corrected chi connectivity index (χ3v) is 6.08. The molecule has 6 heteroatoms. The number of rotatable bonds is 5. The first-order valence-corrected chi connectivity index (χ1v) is 11.1. The highest BCUT2D eigenvalue weighted by atomic mass is 16.3. The van der Waals surface area contributed by atoms with Crippen molar-refractivity contribution in [1.29, 1.82) is 0 Å². The normalized spacial score (nSPS) is 13.9. The van der Waals surface area contributed by atoms with Crippen LogP contribution < -0.4 is 5.32 Å². The molecule has 0 unspecified atom stereocenters. The van der Waals surface area contributed by atoms with Crippen LogP contribution in [-0.4, -0.2) is 41.2 Å². The molecule has 4 rings (SSSR count). The first kappa shape index (κ1) is 22.0. The van der Waals surface area contributed by atoms with Crippen LogP contribution in [0.2, 0.25) is 0 Å². The number of aromatic hydroxyl groups is 2. The summed E-state index contributed by atoms with van der Waals surface area (Å²) in [5.41, 5.74) is 5.63. The van der Waals surface area contributed by atoms with Gasteiger partial charge in [0.25, 0.3) is 5.91 Å². The number of phenols is 2. The largest absolute Gasteiger partial charge is 0.508 e. The lowest BCUT2D eigenvalue weighted by Crippen LogP contribution is -2.26. The van der Waals surface area contributed by atoms with Gasteiger partial charge >= 0.3 is 0 Å². The Kier molecular flexibility index (Phi) is 5.98. The quantitative estimate of drug-likeness (QED) is 0.533. The first-order chi connectivity index (χ1) is 15.3. The number of carbonyl (C=O) groups excluding carboxylic acids is 1. The molecule has 2 heterocycles. The van der Waals surface area contributed by atoms with E-state index < -0.39 is 0 Å². The van der Waals surface area contributed by atoms with Crippen molar-refractivity contribution in [1.82, 2.24) is 10.2 Å². The molecule has 3 N–H and O–H groups in total. The van der Waals surface area contributed by atoms with Gasteiger partial charge in [-0.15, -0.1) is 0 Å². The van der Waals surface area contributed by atoms with Crippen molar-refractivity contribution >= 4 is 5.91 Å². The Balaban J connectivity index is 1.92. The van der Waals surface area contributed by atoms with E-state index in [-0.39, 0.29) is 23.3 Å². The molecule has 0 bridgehead atoms. The number of furan rings is 1. The fourth-order valence-electron chi connectivity index (χ4n) is 4.35. The summed E-state index contributed by atoms with van der Waals surface area (Å²) in [6.45, 7) is 8.19. The van der Waals surface area contributed by atoms with Gasteiger partial charge in [-0.2, -0.15) is 0 Å². The number of likely N-dealkylation sites (N-methyl/N-ethyl adjacent to an activating group) is 1. The number of phenolic OH excluding ortho intramolecular Hbond substituents is 2. The number of carbonyl (C=O) groups is 1. The Bertz CT molecular complexity index is 1160. The molecule has 0 fully saturated rings. The second kappa shape index (κ2) is 8.71.